The molecule has 0 atom stereocenters. The molecule has 0 aliphatic rings. The van der Waals surface area contributed by atoms with Gasteiger partial charge in [-0.15, -0.1) is 0 Å². The Kier molecular flexibility index (Phi) is 9.82. The van der Waals surface area contributed by atoms with E-state index in [0.717, 1.165) is 5.56 Å². The van der Waals surface area contributed by atoms with E-state index in [4.69, 9.17) is 14.2 Å². The van der Waals surface area contributed by atoms with Crippen molar-refractivity contribution in [3.05, 3.63) is 125 Å². The number of benzene rings is 3. The highest BCUT2D eigenvalue weighted by Gasteiger charge is 2.18. The number of hydrogen-bond acceptors (Lipinski definition) is 7. The lowest BCUT2D eigenvalue weighted by atomic mass is 10.1. The maximum atomic E-state index is 13.5. The molecule has 0 unspecified atom stereocenters. The molecule has 2 N–H and O–H groups in total. The summed E-state index contributed by atoms with van der Waals surface area (Å²) in [4.78, 5) is 43.1. The van der Waals surface area contributed by atoms with Crippen molar-refractivity contribution >= 4 is 35.4 Å². The average Bonchev–Trinajstić information content (AvgIpc) is 3.04. The maximum Gasteiger partial charge on any atom is 0.272 e. The summed E-state index contributed by atoms with van der Waals surface area (Å²) >= 11 is 0. The zero-order chi connectivity index (χ0) is 29.9. The fourth-order valence-corrected chi connectivity index (χ4v) is 3.92. The van der Waals surface area contributed by atoms with Gasteiger partial charge in [0.05, 0.1) is 21.3 Å². The van der Waals surface area contributed by atoms with Gasteiger partial charge in [-0.3, -0.25) is 19.4 Å². The largest absolute Gasteiger partial charge is 0.496 e. The molecule has 3 aromatic carbocycles. The van der Waals surface area contributed by atoms with Gasteiger partial charge >= 0.3 is 0 Å². The molecule has 0 bridgehead atoms. The number of allylic oxidation sites excluding steroid dienone is 1. The number of aromatic nitrogens is 1. The van der Waals surface area contributed by atoms with E-state index in [-0.39, 0.29) is 11.5 Å². The Morgan fingerprint density at radius 1 is 0.762 bits per heavy atom. The Morgan fingerprint density at radius 2 is 1.45 bits per heavy atom. The number of amides is 2. The number of nitrogens with zero attached hydrogens (tertiary/aromatic N) is 1. The molecule has 4 aromatic rings. The number of methoxy groups -OCH3 is 3. The lowest BCUT2D eigenvalue weighted by Gasteiger charge is -2.15. The molecule has 1 heterocycles. The summed E-state index contributed by atoms with van der Waals surface area (Å²) in [5, 5.41) is 5.47. The fraction of sp³-hybridized carbons (Fsp3) is 0.0909. The van der Waals surface area contributed by atoms with E-state index >= 15 is 0 Å². The lowest BCUT2D eigenvalue weighted by Crippen LogP contribution is -2.30. The van der Waals surface area contributed by atoms with E-state index in [2.05, 4.69) is 15.6 Å². The summed E-state index contributed by atoms with van der Waals surface area (Å²) in [6.07, 6.45) is 7.94. The summed E-state index contributed by atoms with van der Waals surface area (Å²) in [6.45, 7) is 0. The van der Waals surface area contributed by atoms with Crippen LogP contribution in [-0.4, -0.2) is 43.9 Å². The number of ether oxygens (including phenoxy) is 3. The topological polar surface area (TPSA) is 116 Å². The lowest BCUT2D eigenvalue weighted by molar-refractivity contribution is -0.113. The van der Waals surface area contributed by atoms with Gasteiger partial charge in [0.2, 0.25) is 0 Å². The van der Waals surface area contributed by atoms with Gasteiger partial charge in [-0.1, -0.05) is 24.3 Å². The minimum Gasteiger partial charge on any atom is -0.496 e. The third-order valence-electron chi connectivity index (χ3n) is 6.10. The number of pyridine rings is 1. The van der Waals surface area contributed by atoms with Gasteiger partial charge in [0.25, 0.3) is 11.8 Å². The first-order valence-electron chi connectivity index (χ1n) is 12.8. The molecule has 1 aromatic heterocycles. The average molecular weight is 564 g/mol. The Balaban J connectivity index is 1.59. The molecule has 0 fully saturated rings. The number of rotatable bonds is 11. The second-order valence-corrected chi connectivity index (χ2v) is 8.84. The van der Waals surface area contributed by atoms with Gasteiger partial charge in [-0.05, 0) is 72.3 Å². The van der Waals surface area contributed by atoms with Crippen LogP contribution in [-0.2, 0) is 4.79 Å². The third kappa shape index (κ3) is 7.48. The Labute approximate surface area is 243 Å². The van der Waals surface area contributed by atoms with E-state index in [1.54, 1.807) is 91.3 Å². The van der Waals surface area contributed by atoms with Crippen LogP contribution in [0.5, 0.6) is 17.2 Å². The molecule has 42 heavy (non-hydrogen) atoms. The highest BCUT2D eigenvalue weighted by atomic mass is 16.5. The first-order valence-corrected chi connectivity index (χ1v) is 12.8. The second kappa shape index (κ2) is 14.1. The summed E-state index contributed by atoms with van der Waals surface area (Å²) < 4.78 is 16.2. The zero-order valence-corrected chi connectivity index (χ0v) is 23.3. The molecule has 0 aliphatic carbocycles. The summed E-state index contributed by atoms with van der Waals surface area (Å²) in [5.74, 6) is -0.0150. The van der Waals surface area contributed by atoms with E-state index in [9.17, 15) is 14.4 Å². The predicted molar refractivity (Wildman–Crippen MR) is 161 cm³/mol. The molecular weight excluding hydrogens is 534 g/mol. The number of nitrogens with one attached hydrogen (secondary N) is 2. The molecule has 9 nitrogen and oxygen atoms in total. The van der Waals surface area contributed by atoms with Crippen LogP contribution >= 0.6 is 0 Å². The molecule has 0 saturated carbocycles. The maximum absolute atomic E-state index is 13.5. The summed E-state index contributed by atoms with van der Waals surface area (Å²) in [6, 6.07) is 21.8. The molecule has 0 aliphatic heterocycles. The summed E-state index contributed by atoms with van der Waals surface area (Å²) in [7, 11) is 4.48. The van der Waals surface area contributed by atoms with E-state index in [0.29, 0.717) is 39.6 Å². The minimum absolute atomic E-state index is 0.0473. The van der Waals surface area contributed by atoms with Crippen molar-refractivity contribution in [2.75, 3.05) is 26.6 Å². The quantitative estimate of drug-likeness (QED) is 0.185. The Morgan fingerprint density at radius 3 is 2.10 bits per heavy atom. The molecule has 9 heteroatoms. The van der Waals surface area contributed by atoms with Crippen LogP contribution in [0.15, 0.2) is 103 Å². The van der Waals surface area contributed by atoms with Crippen LogP contribution in [0, 0.1) is 0 Å². The zero-order valence-electron chi connectivity index (χ0n) is 23.3. The number of anilines is 1. The molecule has 2 amide bonds. The van der Waals surface area contributed by atoms with Crippen LogP contribution < -0.4 is 24.8 Å². The van der Waals surface area contributed by atoms with Crippen LogP contribution in [0.25, 0.3) is 12.2 Å². The number of carbonyl (C=O) groups excluding carboxylic acids is 3. The van der Waals surface area contributed by atoms with Crippen molar-refractivity contribution in [1.82, 2.24) is 10.3 Å². The predicted octanol–water partition coefficient (Wildman–Crippen LogP) is 5.41. The van der Waals surface area contributed by atoms with Crippen LogP contribution in [0.4, 0.5) is 5.69 Å². The van der Waals surface area contributed by atoms with Crippen molar-refractivity contribution in [2.45, 2.75) is 0 Å². The molecule has 212 valence electrons. The second-order valence-electron chi connectivity index (χ2n) is 8.84. The first-order chi connectivity index (χ1) is 20.4. The third-order valence-corrected chi connectivity index (χ3v) is 6.10. The van der Waals surface area contributed by atoms with Gasteiger partial charge in [-0.25, -0.2) is 0 Å². The molecular formula is C33H29N3O6. The van der Waals surface area contributed by atoms with Crippen molar-refractivity contribution < 1.29 is 28.6 Å². The smallest absolute Gasteiger partial charge is 0.272 e. The SMILES string of the molecule is COc1cc(OC)c(OC)cc1/C=C(\NC(=O)c1ccccc1)C(=O)Nc1ccc(C(=O)/C=C/c2cccnc2)cc1. The summed E-state index contributed by atoms with van der Waals surface area (Å²) in [5.41, 5.74) is 2.46. The van der Waals surface area contributed by atoms with Crippen molar-refractivity contribution in [2.24, 2.45) is 0 Å². The highest BCUT2D eigenvalue weighted by Crippen LogP contribution is 2.35. The van der Waals surface area contributed by atoms with Crippen molar-refractivity contribution in [1.29, 1.82) is 0 Å². The van der Waals surface area contributed by atoms with Crippen molar-refractivity contribution in [3.63, 3.8) is 0 Å². The van der Waals surface area contributed by atoms with Crippen LogP contribution in [0.3, 0.4) is 0 Å². The molecule has 4 rings (SSSR count). The van der Waals surface area contributed by atoms with Gasteiger partial charge in [0.15, 0.2) is 17.3 Å². The van der Waals surface area contributed by atoms with Gasteiger partial charge < -0.3 is 24.8 Å². The number of hydrogen-bond donors (Lipinski definition) is 2. The Bertz CT molecular complexity index is 1620. The van der Waals surface area contributed by atoms with Crippen LogP contribution in [0.1, 0.15) is 31.8 Å². The van der Waals surface area contributed by atoms with E-state index in [1.807, 2.05) is 6.07 Å². The molecule has 0 radical (unpaired) electrons. The number of ketones is 1. The molecule has 0 saturated heterocycles. The van der Waals surface area contributed by atoms with Crippen molar-refractivity contribution in [3.8, 4) is 17.2 Å². The van der Waals surface area contributed by atoms with Gasteiger partial charge in [-0.2, -0.15) is 0 Å². The monoisotopic (exact) mass is 563 g/mol. The first kappa shape index (κ1) is 29.3. The minimum atomic E-state index is -0.591. The van der Waals surface area contributed by atoms with E-state index in [1.165, 1.54) is 33.5 Å². The van der Waals surface area contributed by atoms with Gasteiger partial charge in [0, 0.05) is 40.8 Å². The normalized spacial score (nSPS) is 11.1. The Hall–Kier alpha value is -5.70. The fourth-order valence-electron chi connectivity index (χ4n) is 3.92. The van der Waals surface area contributed by atoms with Gasteiger partial charge in [0.1, 0.15) is 11.4 Å². The standard InChI is InChI=1S/C33H29N3O6/c1-40-29-20-31(42-3)30(41-2)19-25(29)18-27(36-32(38)24-9-5-4-6-10-24)33(39)35-26-14-12-23(13-15-26)28(37)16-11-22-8-7-17-34-21-22/h4-21H,1-3H3,(H,35,39)(H,36,38)/b16-11+,27-18-. The molecule has 0 spiro atoms. The van der Waals surface area contributed by atoms with E-state index < -0.39 is 11.8 Å². The number of carbonyl (C=O) groups is 3. The van der Waals surface area contributed by atoms with Crippen LogP contribution in [0.2, 0.25) is 0 Å². The highest BCUT2D eigenvalue weighted by molar-refractivity contribution is 6.11.